The minimum atomic E-state index is -0.470. The molecule has 3 heterocycles. The molecule has 0 atom stereocenters. The molecule has 178 valence electrons. The van der Waals surface area contributed by atoms with Crippen LogP contribution in [0.1, 0.15) is 22.3 Å². The van der Waals surface area contributed by atoms with E-state index in [4.69, 9.17) is 9.84 Å². The highest BCUT2D eigenvalue weighted by Gasteiger charge is 2.21. The van der Waals surface area contributed by atoms with Gasteiger partial charge in [0, 0.05) is 37.3 Å². The molecule has 0 radical (unpaired) electrons. The van der Waals surface area contributed by atoms with Gasteiger partial charge in [0.05, 0.1) is 30.6 Å². The number of rotatable bonds is 9. The molecule has 3 N–H and O–H groups in total. The van der Waals surface area contributed by atoms with Gasteiger partial charge in [-0.2, -0.15) is 15.5 Å². The van der Waals surface area contributed by atoms with E-state index in [1.807, 2.05) is 0 Å². The first-order chi connectivity index (χ1) is 17.0. The Morgan fingerprint density at radius 1 is 1.31 bits per heavy atom. The van der Waals surface area contributed by atoms with E-state index in [0.29, 0.717) is 46.9 Å². The van der Waals surface area contributed by atoms with Crippen LogP contribution in [0.25, 0.3) is 16.9 Å². The van der Waals surface area contributed by atoms with Crippen molar-refractivity contribution in [2.24, 2.45) is 0 Å². The summed E-state index contributed by atoms with van der Waals surface area (Å²) >= 11 is 0. The predicted molar refractivity (Wildman–Crippen MR) is 125 cm³/mol. The smallest absolute Gasteiger partial charge is 0.261 e. The predicted octanol–water partition coefficient (Wildman–Crippen LogP) is 1.22. The molecule has 0 aliphatic rings. The minimum absolute atomic E-state index is 0.0319. The van der Waals surface area contributed by atoms with Crippen molar-refractivity contribution in [3.8, 4) is 23.1 Å². The van der Waals surface area contributed by atoms with E-state index < -0.39 is 5.91 Å². The number of nitrogens with zero attached hydrogens (tertiary/aromatic N) is 6. The van der Waals surface area contributed by atoms with Crippen molar-refractivity contribution in [3.05, 3.63) is 60.2 Å². The molecule has 0 aliphatic carbocycles. The summed E-state index contributed by atoms with van der Waals surface area (Å²) in [5, 5.41) is 32.4. The lowest BCUT2D eigenvalue weighted by atomic mass is 10.1. The van der Waals surface area contributed by atoms with E-state index in [1.165, 1.54) is 28.7 Å². The van der Waals surface area contributed by atoms with Crippen LogP contribution in [0.2, 0.25) is 0 Å². The summed E-state index contributed by atoms with van der Waals surface area (Å²) in [7, 11) is 1.49. The summed E-state index contributed by atoms with van der Waals surface area (Å²) in [5.41, 5.74) is 2.11. The molecule has 0 unspecified atom stereocenters. The van der Waals surface area contributed by atoms with E-state index in [0.717, 1.165) is 0 Å². The van der Waals surface area contributed by atoms with Crippen LogP contribution in [0, 0.1) is 11.3 Å². The van der Waals surface area contributed by atoms with Crippen LogP contribution in [0.3, 0.4) is 0 Å². The number of carbonyl (C=O) groups is 2. The number of carbonyl (C=O) groups excluding carboxylic acids is 2. The van der Waals surface area contributed by atoms with Crippen molar-refractivity contribution in [1.82, 2.24) is 29.7 Å². The summed E-state index contributed by atoms with van der Waals surface area (Å²) < 4.78 is 8.31. The monoisotopic (exact) mass is 474 g/mol. The largest absolute Gasteiger partial charge is 0.496 e. The maximum Gasteiger partial charge on any atom is 0.261 e. The zero-order chi connectivity index (χ0) is 24.8. The van der Waals surface area contributed by atoms with Gasteiger partial charge in [-0.1, -0.05) is 0 Å². The molecule has 0 spiro atoms. The first kappa shape index (κ1) is 23.4. The third kappa shape index (κ3) is 5.10. The maximum absolute atomic E-state index is 13.1. The molecule has 0 saturated carbocycles. The standard InChI is InChI=1S/C23H22N8O4/c1-35-19-5-4-15(11-24)10-16(19)21-18(13-30(29-21)14-20(33)25-7-3-9-32)28-23(34)17-12-27-31-8-2-6-26-22(17)31/h2,4-6,8,10,12-13,32H,3,7,9,14H2,1H3,(H,25,33)(H,28,34). The van der Waals surface area contributed by atoms with Crippen LogP contribution in [0.15, 0.2) is 49.1 Å². The fourth-order valence-electron chi connectivity index (χ4n) is 3.44. The van der Waals surface area contributed by atoms with Gasteiger partial charge >= 0.3 is 0 Å². The first-order valence-electron chi connectivity index (χ1n) is 10.7. The summed E-state index contributed by atoms with van der Waals surface area (Å²) in [6.07, 6.45) is 6.61. The molecule has 4 aromatic rings. The summed E-state index contributed by atoms with van der Waals surface area (Å²) in [6, 6.07) is 8.61. The molecule has 3 aromatic heterocycles. The number of amides is 2. The molecular formula is C23H22N8O4. The average molecular weight is 474 g/mol. The van der Waals surface area contributed by atoms with Crippen LogP contribution < -0.4 is 15.4 Å². The number of aromatic nitrogens is 5. The van der Waals surface area contributed by atoms with E-state index in [1.54, 1.807) is 36.7 Å². The summed E-state index contributed by atoms with van der Waals surface area (Å²) in [6.45, 7) is 0.176. The highest BCUT2D eigenvalue weighted by atomic mass is 16.5. The van der Waals surface area contributed by atoms with Crippen molar-refractivity contribution in [3.63, 3.8) is 0 Å². The number of nitrogens with one attached hydrogen (secondary N) is 2. The number of nitriles is 1. The van der Waals surface area contributed by atoms with Crippen molar-refractivity contribution in [1.29, 1.82) is 5.26 Å². The van der Waals surface area contributed by atoms with E-state index in [9.17, 15) is 14.9 Å². The Morgan fingerprint density at radius 2 is 2.17 bits per heavy atom. The number of ether oxygens (including phenoxy) is 1. The number of methoxy groups -OCH3 is 1. The number of aliphatic hydroxyl groups excluding tert-OH is 1. The molecule has 0 saturated heterocycles. The lowest BCUT2D eigenvalue weighted by molar-refractivity contribution is -0.121. The number of fused-ring (bicyclic) bond motifs is 1. The van der Waals surface area contributed by atoms with Crippen LogP contribution >= 0.6 is 0 Å². The Morgan fingerprint density at radius 3 is 2.94 bits per heavy atom. The maximum atomic E-state index is 13.1. The van der Waals surface area contributed by atoms with E-state index in [-0.39, 0.29) is 24.6 Å². The van der Waals surface area contributed by atoms with Gasteiger partial charge in [0.1, 0.15) is 23.6 Å². The summed E-state index contributed by atoms with van der Waals surface area (Å²) in [5.74, 6) is -0.341. The lowest BCUT2D eigenvalue weighted by Crippen LogP contribution is -2.29. The zero-order valence-electron chi connectivity index (χ0n) is 18.8. The molecule has 0 bridgehead atoms. The quantitative estimate of drug-likeness (QED) is 0.305. The molecular weight excluding hydrogens is 452 g/mol. The zero-order valence-corrected chi connectivity index (χ0v) is 18.8. The SMILES string of the molecule is COc1ccc(C#N)cc1-c1nn(CC(=O)NCCCO)cc1NC(=O)c1cnn2cccnc12. The third-order valence-corrected chi connectivity index (χ3v) is 5.08. The lowest BCUT2D eigenvalue weighted by Gasteiger charge is -2.09. The normalized spacial score (nSPS) is 10.7. The van der Waals surface area contributed by atoms with Gasteiger partial charge in [0.25, 0.3) is 5.91 Å². The molecule has 12 heteroatoms. The second kappa shape index (κ2) is 10.4. The topological polar surface area (TPSA) is 159 Å². The first-order valence-corrected chi connectivity index (χ1v) is 10.7. The molecule has 1 aromatic carbocycles. The molecule has 4 rings (SSSR count). The molecule has 35 heavy (non-hydrogen) atoms. The molecule has 0 aliphatic heterocycles. The number of aliphatic hydroxyl groups is 1. The molecule has 2 amide bonds. The fourth-order valence-corrected chi connectivity index (χ4v) is 3.44. The van der Waals surface area contributed by atoms with Crippen LogP contribution in [0.4, 0.5) is 5.69 Å². The van der Waals surface area contributed by atoms with Gasteiger partial charge < -0.3 is 20.5 Å². The number of hydrogen-bond donors (Lipinski definition) is 3. The van der Waals surface area contributed by atoms with E-state index in [2.05, 4.69) is 31.9 Å². The van der Waals surface area contributed by atoms with Gasteiger partial charge in [-0.05, 0) is 30.7 Å². The highest BCUT2D eigenvalue weighted by molar-refractivity contribution is 6.09. The number of anilines is 1. The Hall–Kier alpha value is -4.76. The van der Waals surface area contributed by atoms with Gasteiger partial charge in [-0.15, -0.1) is 0 Å². The summed E-state index contributed by atoms with van der Waals surface area (Å²) in [4.78, 5) is 29.6. The van der Waals surface area contributed by atoms with Crippen molar-refractivity contribution >= 4 is 23.1 Å². The Labute approximate surface area is 199 Å². The van der Waals surface area contributed by atoms with Crippen molar-refractivity contribution in [2.75, 3.05) is 25.6 Å². The second-order valence-electron chi connectivity index (χ2n) is 7.44. The van der Waals surface area contributed by atoms with Crippen LogP contribution in [0.5, 0.6) is 5.75 Å². The molecule has 12 nitrogen and oxygen atoms in total. The Balaban J connectivity index is 1.71. The van der Waals surface area contributed by atoms with Gasteiger partial charge in [0.2, 0.25) is 5.91 Å². The van der Waals surface area contributed by atoms with Crippen molar-refractivity contribution in [2.45, 2.75) is 13.0 Å². The van der Waals surface area contributed by atoms with Gasteiger partial charge in [-0.3, -0.25) is 14.3 Å². The highest BCUT2D eigenvalue weighted by Crippen LogP contribution is 2.35. The number of benzene rings is 1. The van der Waals surface area contributed by atoms with Gasteiger partial charge in [-0.25, -0.2) is 9.50 Å². The minimum Gasteiger partial charge on any atom is -0.496 e. The van der Waals surface area contributed by atoms with E-state index >= 15 is 0 Å². The average Bonchev–Trinajstić information content (AvgIpc) is 3.47. The third-order valence-electron chi connectivity index (χ3n) is 5.08. The Bertz CT molecular complexity index is 1420. The van der Waals surface area contributed by atoms with Gasteiger partial charge in [0.15, 0.2) is 5.65 Å². The second-order valence-corrected chi connectivity index (χ2v) is 7.44. The van der Waals surface area contributed by atoms with Crippen molar-refractivity contribution < 1.29 is 19.4 Å². The van der Waals surface area contributed by atoms with Crippen LogP contribution in [-0.2, 0) is 11.3 Å². The van der Waals surface area contributed by atoms with Crippen LogP contribution in [-0.4, -0.2) is 61.6 Å². The Kier molecular flexibility index (Phi) is 6.99. The fraction of sp³-hybridized carbons (Fsp3) is 0.217. The molecule has 0 fully saturated rings. The number of hydrogen-bond acceptors (Lipinski definition) is 8.